The van der Waals surface area contributed by atoms with Gasteiger partial charge in [0.05, 0.1) is 16.6 Å². The highest BCUT2D eigenvalue weighted by molar-refractivity contribution is 6.34. The number of benzene rings is 1. The van der Waals surface area contributed by atoms with Gasteiger partial charge in [0, 0.05) is 31.4 Å². The summed E-state index contributed by atoms with van der Waals surface area (Å²) in [5.74, 6) is 0.0954. The third-order valence-electron chi connectivity index (χ3n) is 4.16. The predicted molar refractivity (Wildman–Crippen MR) is 116 cm³/mol. The van der Waals surface area contributed by atoms with Gasteiger partial charge in [0.25, 0.3) is 11.8 Å². The van der Waals surface area contributed by atoms with Crippen LogP contribution in [-0.2, 0) is 0 Å². The molecule has 2 N–H and O–H groups in total. The van der Waals surface area contributed by atoms with E-state index in [0.717, 1.165) is 6.42 Å². The van der Waals surface area contributed by atoms with Gasteiger partial charge in [-0.1, -0.05) is 31.7 Å². The van der Waals surface area contributed by atoms with E-state index in [0.29, 0.717) is 35.7 Å². The molecule has 0 bridgehead atoms. The Morgan fingerprint density at radius 3 is 2.54 bits per heavy atom. The summed E-state index contributed by atoms with van der Waals surface area (Å²) in [6, 6.07) is 4.32. The standard InChI is InChI=1S/C21H29ClN4O2/c1-7-12-26(9-3)21(28)17-11-10-16(13-18(17)22)20(27)25-15(5)19(23-6)24-14(4)8-2/h8,10-11,13,15H,2,4,7,9,12H2,1,3,5-6H3,(H,23,24)(H,25,27). The normalized spacial score (nSPS) is 12.1. The Hall–Kier alpha value is -2.60. The van der Waals surface area contributed by atoms with Crippen LogP contribution < -0.4 is 10.6 Å². The minimum Gasteiger partial charge on any atom is -0.343 e. The number of hydrogen-bond acceptors (Lipinski definition) is 3. The molecule has 1 aromatic rings. The second kappa shape index (κ2) is 11.3. The summed E-state index contributed by atoms with van der Waals surface area (Å²) in [4.78, 5) is 31.0. The van der Waals surface area contributed by atoms with Gasteiger partial charge in [-0.2, -0.15) is 0 Å². The third kappa shape index (κ3) is 6.23. The van der Waals surface area contributed by atoms with Gasteiger partial charge in [0.1, 0.15) is 5.84 Å². The first-order valence-corrected chi connectivity index (χ1v) is 9.61. The van der Waals surface area contributed by atoms with E-state index < -0.39 is 0 Å². The molecule has 0 saturated carbocycles. The Morgan fingerprint density at radius 1 is 1.36 bits per heavy atom. The molecule has 7 heteroatoms. The molecule has 1 atom stereocenters. The van der Waals surface area contributed by atoms with Gasteiger partial charge in [-0.15, -0.1) is 0 Å². The molecule has 1 unspecified atom stereocenters. The van der Waals surface area contributed by atoms with Gasteiger partial charge in [-0.3, -0.25) is 14.6 Å². The monoisotopic (exact) mass is 404 g/mol. The van der Waals surface area contributed by atoms with Crippen molar-refractivity contribution in [2.24, 2.45) is 4.99 Å². The summed E-state index contributed by atoms with van der Waals surface area (Å²) in [7, 11) is 1.62. The molecule has 0 aromatic heterocycles. The zero-order valence-electron chi connectivity index (χ0n) is 17.0. The highest BCUT2D eigenvalue weighted by atomic mass is 35.5. The molecule has 0 fully saturated rings. The van der Waals surface area contributed by atoms with Crippen molar-refractivity contribution in [2.45, 2.75) is 33.2 Å². The zero-order valence-corrected chi connectivity index (χ0v) is 17.8. The smallest absolute Gasteiger partial charge is 0.255 e. The van der Waals surface area contributed by atoms with Crippen LogP contribution in [-0.4, -0.2) is 48.7 Å². The summed E-state index contributed by atoms with van der Waals surface area (Å²) in [5, 5.41) is 6.08. The Balaban J connectivity index is 2.93. The molecule has 1 aromatic carbocycles. The summed E-state index contributed by atoms with van der Waals surface area (Å²) in [5.41, 5.74) is 1.34. The quantitative estimate of drug-likeness (QED) is 0.375. The van der Waals surface area contributed by atoms with Crippen LogP contribution in [0.1, 0.15) is 47.9 Å². The van der Waals surface area contributed by atoms with Crippen molar-refractivity contribution in [1.29, 1.82) is 0 Å². The predicted octanol–water partition coefficient (Wildman–Crippen LogP) is 3.65. The van der Waals surface area contributed by atoms with Crippen LogP contribution in [0.5, 0.6) is 0 Å². The number of rotatable bonds is 9. The van der Waals surface area contributed by atoms with Crippen LogP contribution in [0.15, 0.2) is 48.1 Å². The van der Waals surface area contributed by atoms with E-state index in [2.05, 4.69) is 28.8 Å². The van der Waals surface area contributed by atoms with Crippen molar-refractivity contribution in [3.8, 4) is 0 Å². The molecule has 152 valence electrons. The molecular weight excluding hydrogens is 376 g/mol. The number of amidine groups is 1. The molecule has 0 heterocycles. The van der Waals surface area contributed by atoms with Gasteiger partial charge in [0.2, 0.25) is 0 Å². The van der Waals surface area contributed by atoms with Crippen molar-refractivity contribution in [3.63, 3.8) is 0 Å². The van der Waals surface area contributed by atoms with Crippen molar-refractivity contribution in [2.75, 3.05) is 20.1 Å². The van der Waals surface area contributed by atoms with Crippen LogP contribution in [0, 0.1) is 0 Å². The molecule has 28 heavy (non-hydrogen) atoms. The number of carbonyl (C=O) groups is 2. The van der Waals surface area contributed by atoms with Crippen molar-refractivity contribution >= 4 is 29.3 Å². The van der Waals surface area contributed by atoms with Crippen LogP contribution in [0.2, 0.25) is 5.02 Å². The first-order chi connectivity index (χ1) is 13.3. The number of aliphatic imine (C=N–C) groups is 1. The number of allylic oxidation sites excluding steroid dienone is 1. The molecule has 0 aliphatic carbocycles. The molecule has 0 aliphatic heterocycles. The molecule has 1 rings (SSSR count). The summed E-state index contributed by atoms with van der Waals surface area (Å²) >= 11 is 6.30. The van der Waals surface area contributed by atoms with Crippen molar-refractivity contribution < 1.29 is 9.59 Å². The van der Waals surface area contributed by atoms with E-state index in [9.17, 15) is 9.59 Å². The van der Waals surface area contributed by atoms with E-state index in [1.54, 1.807) is 37.1 Å². The number of nitrogens with one attached hydrogen (secondary N) is 2. The summed E-state index contributed by atoms with van der Waals surface area (Å²) in [6.07, 6.45) is 2.43. The van der Waals surface area contributed by atoms with Crippen LogP contribution >= 0.6 is 11.6 Å². The highest BCUT2D eigenvalue weighted by Crippen LogP contribution is 2.20. The maximum absolute atomic E-state index is 12.6. The fourth-order valence-electron chi connectivity index (χ4n) is 2.59. The number of halogens is 1. The minimum absolute atomic E-state index is 0.137. The maximum Gasteiger partial charge on any atom is 0.255 e. The molecule has 0 saturated heterocycles. The van der Waals surface area contributed by atoms with Crippen LogP contribution in [0.25, 0.3) is 0 Å². The van der Waals surface area contributed by atoms with Gasteiger partial charge >= 0.3 is 0 Å². The molecule has 0 radical (unpaired) electrons. The largest absolute Gasteiger partial charge is 0.343 e. The molecule has 0 aliphatic rings. The lowest BCUT2D eigenvalue weighted by atomic mass is 10.1. The van der Waals surface area contributed by atoms with Gasteiger partial charge < -0.3 is 15.5 Å². The third-order valence-corrected chi connectivity index (χ3v) is 4.47. The lowest BCUT2D eigenvalue weighted by molar-refractivity contribution is 0.0764. The van der Waals surface area contributed by atoms with Gasteiger partial charge in [-0.25, -0.2) is 0 Å². The highest BCUT2D eigenvalue weighted by Gasteiger charge is 2.19. The number of hydrogen-bond donors (Lipinski definition) is 2. The Kier molecular flexibility index (Phi) is 9.45. The van der Waals surface area contributed by atoms with Crippen molar-refractivity contribution in [1.82, 2.24) is 15.5 Å². The number of nitrogens with zero attached hydrogens (tertiary/aromatic N) is 2. The van der Waals surface area contributed by atoms with E-state index in [1.165, 1.54) is 6.07 Å². The summed E-state index contributed by atoms with van der Waals surface area (Å²) < 4.78 is 0. The maximum atomic E-state index is 12.6. The van der Waals surface area contributed by atoms with Gasteiger partial charge in [0.15, 0.2) is 0 Å². The molecule has 0 spiro atoms. The number of carbonyl (C=O) groups excluding carboxylic acids is 2. The lowest BCUT2D eigenvalue weighted by Crippen LogP contribution is -2.44. The van der Waals surface area contributed by atoms with Crippen LogP contribution in [0.4, 0.5) is 0 Å². The molecular formula is C21H29ClN4O2. The minimum atomic E-state index is -0.380. The lowest BCUT2D eigenvalue weighted by Gasteiger charge is -2.21. The summed E-state index contributed by atoms with van der Waals surface area (Å²) in [6.45, 7) is 14.4. The van der Waals surface area contributed by atoms with Crippen LogP contribution in [0.3, 0.4) is 0 Å². The average molecular weight is 405 g/mol. The fourth-order valence-corrected chi connectivity index (χ4v) is 2.86. The second-order valence-corrected chi connectivity index (χ2v) is 6.65. The average Bonchev–Trinajstić information content (AvgIpc) is 2.69. The Bertz CT molecular complexity index is 774. The first-order valence-electron chi connectivity index (χ1n) is 9.23. The Labute approximate surface area is 172 Å². The zero-order chi connectivity index (χ0) is 21.3. The van der Waals surface area contributed by atoms with E-state index in [4.69, 9.17) is 11.6 Å². The van der Waals surface area contributed by atoms with Crippen molar-refractivity contribution in [3.05, 3.63) is 59.3 Å². The SMILES string of the molecule is C=CC(=C)NC(=NC)C(C)NC(=O)c1ccc(C(=O)N(CC)CCC)c(Cl)c1. The molecule has 6 nitrogen and oxygen atoms in total. The topological polar surface area (TPSA) is 73.8 Å². The van der Waals surface area contributed by atoms with E-state index in [-0.39, 0.29) is 22.9 Å². The fraction of sp³-hybridized carbons (Fsp3) is 0.381. The first kappa shape index (κ1) is 23.4. The van der Waals surface area contributed by atoms with E-state index in [1.807, 2.05) is 13.8 Å². The number of amides is 2. The van der Waals surface area contributed by atoms with Gasteiger partial charge in [-0.05, 0) is 44.5 Å². The van der Waals surface area contributed by atoms with E-state index >= 15 is 0 Å². The second-order valence-electron chi connectivity index (χ2n) is 6.24. The Morgan fingerprint density at radius 2 is 2.04 bits per heavy atom. The molecule has 2 amide bonds.